The molecule has 0 aliphatic carbocycles. The normalized spacial score (nSPS) is 18.0. The van der Waals surface area contributed by atoms with Gasteiger partial charge in [-0.2, -0.15) is 5.10 Å². The lowest BCUT2D eigenvalue weighted by Crippen LogP contribution is -2.47. The van der Waals surface area contributed by atoms with Gasteiger partial charge in [-0.3, -0.25) is 14.5 Å². The Hall–Kier alpha value is -2.99. The Morgan fingerprint density at radius 1 is 1.16 bits per heavy atom. The second-order valence-electron chi connectivity index (χ2n) is 8.79. The van der Waals surface area contributed by atoms with E-state index in [0.717, 1.165) is 29.2 Å². The van der Waals surface area contributed by atoms with Gasteiger partial charge in [-0.25, -0.2) is 5.01 Å². The topological polar surface area (TPSA) is 93.1 Å². The average Bonchev–Trinajstić information content (AvgIpc) is 3.62. The predicted molar refractivity (Wildman–Crippen MR) is 140 cm³/mol. The summed E-state index contributed by atoms with van der Waals surface area (Å²) in [5.41, 5.74) is 1.62. The summed E-state index contributed by atoms with van der Waals surface area (Å²) in [6.07, 6.45) is 0.523. The molecule has 2 amide bonds. The number of rotatable bonds is 11. The zero-order valence-corrected chi connectivity index (χ0v) is 22.4. The summed E-state index contributed by atoms with van der Waals surface area (Å²) in [5.74, 6) is 0.801. The first-order valence-corrected chi connectivity index (χ1v) is 13.1. The summed E-state index contributed by atoms with van der Waals surface area (Å²) in [5, 5.41) is 8.23. The monoisotopic (exact) mass is 530 g/mol. The number of carbonyl (C=O) groups is 2. The number of nitrogens with zero attached hydrogens (tertiary/aromatic N) is 4. The van der Waals surface area contributed by atoms with Crippen molar-refractivity contribution in [1.29, 1.82) is 0 Å². The summed E-state index contributed by atoms with van der Waals surface area (Å²) in [7, 11) is 4.68. The van der Waals surface area contributed by atoms with Crippen LogP contribution in [0.5, 0.6) is 11.5 Å². The van der Waals surface area contributed by atoms with Crippen LogP contribution in [0.15, 0.2) is 40.8 Å². The van der Waals surface area contributed by atoms with Crippen LogP contribution < -0.4 is 9.47 Å². The van der Waals surface area contributed by atoms with Gasteiger partial charge >= 0.3 is 0 Å². The van der Waals surface area contributed by atoms with Gasteiger partial charge in [-0.05, 0) is 29.6 Å². The summed E-state index contributed by atoms with van der Waals surface area (Å²) in [6, 6.07) is 9.09. The van der Waals surface area contributed by atoms with E-state index in [1.54, 1.807) is 30.5 Å². The van der Waals surface area contributed by atoms with Crippen molar-refractivity contribution in [2.75, 3.05) is 73.9 Å². The Kier molecular flexibility index (Phi) is 9.51. The van der Waals surface area contributed by atoms with Crippen LogP contribution in [0.3, 0.4) is 0 Å². The molecule has 0 spiro atoms. The molecular weight excluding hydrogens is 496 g/mol. The smallest absolute Gasteiger partial charge is 0.262 e. The van der Waals surface area contributed by atoms with E-state index in [2.05, 4.69) is 4.90 Å². The quantitative estimate of drug-likeness (QED) is 0.440. The molecule has 0 saturated carbocycles. The lowest BCUT2D eigenvalue weighted by Gasteiger charge is -2.31. The molecule has 0 radical (unpaired) electrons. The van der Waals surface area contributed by atoms with E-state index in [1.165, 1.54) is 12.1 Å². The minimum Gasteiger partial charge on any atom is -0.497 e. The maximum Gasteiger partial charge on any atom is 0.262 e. The third-order valence-corrected chi connectivity index (χ3v) is 7.42. The second kappa shape index (κ2) is 13.0. The third kappa shape index (κ3) is 6.67. The van der Waals surface area contributed by atoms with Crippen LogP contribution in [-0.4, -0.2) is 106 Å². The van der Waals surface area contributed by atoms with Crippen LogP contribution in [0.25, 0.3) is 0 Å². The van der Waals surface area contributed by atoms with Crippen molar-refractivity contribution in [2.24, 2.45) is 5.10 Å². The molecule has 2 aromatic rings. The van der Waals surface area contributed by atoms with Crippen molar-refractivity contribution in [3.05, 3.63) is 46.2 Å². The highest BCUT2D eigenvalue weighted by Gasteiger charge is 2.36. The predicted octanol–water partition coefficient (Wildman–Crippen LogP) is 2.25. The fourth-order valence-corrected chi connectivity index (χ4v) is 5.22. The van der Waals surface area contributed by atoms with E-state index in [9.17, 15) is 9.59 Å². The highest BCUT2D eigenvalue weighted by molar-refractivity contribution is 7.12. The Bertz CT molecular complexity index is 1090. The number of morpholine rings is 1. The molecule has 37 heavy (non-hydrogen) atoms. The summed E-state index contributed by atoms with van der Waals surface area (Å²) < 4.78 is 21.6. The van der Waals surface area contributed by atoms with E-state index in [1.807, 2.05) is 35.7 Å². The number of amides is 2. The van der Waals surface area contributed by atoms with Gasteiger partial charge in [0, 0.05) is 45.3 Å². The SMILES string of the molecule is COCC(=O)N(CCN1CCOCC1)CC(=O)N1N=C(c2cccs2)C[C@H]1c1cc(OC)ccc1OC. The van der Waals surface area contributed by atoms with Crippen molar-refractivity contribution in [2.45, 2.75) is 12.5 Å². The van der Waals surface area contributed by atoms with Crippen molar-refractivity contribution in [1.82, 2.24) is 14.8 Å². The number of thiophene rings is 1. The first kappa shape index (κ1) is 27.1. The molecule has 1 atom stereocenters. The van der Waals surface area contributed by atoms with E-state index >= 15 is 0 Å². The summed E-state index contributed by atoms with van der Waals surface area (Å²) in [4.78, 5) is 31.4. The number of hydrazone groups is 1. The van der Waals surface area contributed by atoms with Crippen molar-refractivity contribution < 1.29 is 28.5 Å². The van der Waals surface area contributed by atoms with E-state index in [4.69, 9.17) is 24.0 Å². The first-order valence-electron chi connectivity index (χ1n) is 12.3. The van der Waals surface area contributed by atoms with Crippen LogP contribution in [0.2, 0.25) is 0 Å². The zero-order chi connectivity index (χ0) is 26.2. The highest BCUT2D eigenvalue weighted by Crippen LogP contribution is 2.39. The van der Waals surface area contributed by atoms with Crippen LogP contribution in [-0.2, 0) is 19.1 Å². The van der Waals surface area contributed by atoms with Crippen molar-refractivity contribution >= 4 is 28.9 Å². The molecule has 1 aromatic heterocycles. The van der Waals surface area contributed by atoms with Gasteiger partial charge in [0.25, 0.3) is 5.91 Å². The van der Waals surface area contributed by atoms with Crippen LogP contribution in [0.1, 0.15) is 22.9 Å². The van der Waals surface area contributed by atoms with Gasteiger partial charge in [0.15, 0.2) is 0 Å². The summed E-state index contributed by atoms with van der Waals surface area (Å²) in [6.45, 7) is 3.83. The number of ether oxygens (including phenoxy) is 4. The molecule has 200 valence electrons. The molecule has 1 saturated heterocycles. The molecule has 3 heterocycles. The minimum absolute atomic E-state index is 0.0900. The fraction of sp³-hybridized carbons (Fsp3) is 0.500. The number of hydrogen-bond donors (Lipinski definition) is 0. The maximum absolute atomic E-state index is 13.8. The maximum atomic E-state index is 13.8. The molecule has 1 fully saturated rings. The summed E-state index contributed by atoms with van der Waals surface area (Å²) >= 11 is 1.58. The number of carbonyl (C=O) groups excluding carboxylic acids is 2. The second-order valence-corrected chi connectivity index (χ2v) is 9.74. The molecule has 4 rings (SSSR count). The molecule has 11 heteroatoms. The number of benzene rings is 1. The lowest BCUT2D eigenvalue weighted by molar-refractivity contribution is -0.143. The molecular formula is C26H34N4O6S. The van der Waals surface area contributed by atoms with Gasteiger partial charge in [-0.15, -0.1) is 11.3 Å². The van der Waals surface area contributed by atoms with Crippen molar-refractivity contribution in [3.8, 4) is 11.5 Å². The average molecular weight is 531 g/mol. The Labute approximate surface area is 221 Å². The molecule has 2 aliphatic rings. The van der Waals surface area contributed by atoms with Crippen LogP contribution in [0, 0.1) is 0 Å². The number of hydrogen-bond acceptors (Lipinski definition) is 9. The molecule has 10 nitrogen and oxygen atoms in total. The third-order valence-electron chi connectivity index (χ3n) is 6.50. The molecule has 0 N–H and O–H groups in total. The lowest BCUT2D eigenvalue weighted by atomic mass is 9.99. The Morgan fingerprint density at radius 3 is 2.65 bits per heavy atom. The van der Waals surface area contributed by atoms with Gasteiger partial charge in [0.2, 0.25) is 5.91 Å². The van der Waals surface area contributed by atoms with Crippen LogP contribution in [0.4, 0.5) is 0 Å². The van der Waals surface area contributed by atoms with Gasteiger partial charge in [0.1, 0.15) is 24.7 Å². The standard InChI is InChI=1S/C26H34N4O6S/c1-33-18-26(32)29(9-8-28-10-12-36-13-11-28)17-25(31)30-22(16-21(27-30)24-5-4-14-37-24)20-15-19(34-2)6-7-23(20)35-3/h4-7,14-15,22H,8-13,16-18H2,1-3H3/t22-/m0/s1. The van der Waals surface area contributed by atoms with Gasteiger partial charge in [-0.1, -0.05) is 6.07 Å². The van der Waals surface area contributed by atoms with E-state index < -0.39 is 6.04 Å². The van der Waals surface area contributed by atoms with Crippen LogP contribution >= 0.6 is 11.3 Å². The van der Waals surface area contributed by atoms with Crippen molar-refractivity contribution in [3.63, 3.8) is 0 Å². The Morgan fingerprint density at radius 2 is 1.97 bits per heavy atom. The minimum atomic E-state index is -0.395. The largest absolute Gasteiger partial charge is 0.497 e. The van der Waals surface area contributed by atoms with Gasteiger partial charge < -0.3 is 23.8 Å². The molecule has 1 aromatic carbocycles. The fourth-order valence-electron chi connectivity index (χ4n) is 4.50. The Balaban J connectivity index is 1.58. The molecule has 2 aliphatic heterocycles. The highest BCUT2D eigenvalue weighted by atomic mass is 32.1. The molecule has 0 unspecified atom stereocenters. The zero-order valence-electron chi connectivity index (χ0n) is 21.6. The first-order chi connectivity index (χ1) is 18.0. The molecule has 0 bridgehead atoms. The van der Waals surface area contributed by atoms with Gasteiger partial charge in [0.05, 0.1) is 44.1 Å². The van der Waals surface area contributed by atoms with E-state index in [-0.39, 0.29) is 25.0 Å². The van der Waals surface area contributed by atoms with E-state index in [0.29, 0.717) is 44.2 Å². The number of methoxy groups -OCH3 is 3.